The van der Waals surface area contributed by atoms with E-state index in [2.05, 4.69) is 10.2 Å². The first-order chi connectivity index (χ1) is 8.02. The molecule has 0 spiro atoms. The van der Waals surface area contributed by atoms with Crippen molar-refractivity contribution in [3.05, 3.63) is 11.4 Å². The summed E-state index contributed by atoms with van der Waals surface area (Å²) < 4.78 is 0. The van der Waals surface area contributed by atoms with Gasteiger partial charge in [-0.25, -0.2) is 0 Å². The topological polar surface area (TPSA) is 118 Å². The molecule has 7 nitrogen and oxygen atoms in total. The van der Waals surface area contributed by atoms with Crippen LogP contribution in [0.4, 0.5) is 5.69 Å². The molecular formula is C10H15N5O2. The quantitative estimate of drug-likeness (QED) is 0.635. The number of aromatic amines is 1. The number of likely N-dealkylation sites (tertiary alicyclic amines) is 1. The minimum absolute atomic E-state index is 0.163. The van der Waals surface area contributed by atoms with Gasteiger partial charge in [-0.1, -0.05) is 0 Å². The van der Waals surface area contributed by atoms with Crippen molar-refractivity contribution in [1.29, 1.82) is 0 Å². The molecule has 1 atom stereocenters. The SMILES string of the molecule is Cc1[nH]nc(C(=O)N2CCCC2C(N)=O)c1N. The highest BCUT2D eigenvalue weighted by molar-refractivity contribution is 6.00. The summed E-state index contributed by atoms with van der Waals surface area (Å²) in [6.07, 6.45) is 1.37. The fourth-order valence-electron chi connectivity index (χ4n) is 2.04. The maximum absolute atomic E-state index is 12.2. The molecule has 2 amide bonds. The Bertz CT molecular complexity index is 467. The normalized spacial score (nSPS) is 19.6. The number of amides is 2. The van der Waals surface area contributed by atoms with Crippen LogP contribution in [-0.2, 0) is 4.79 Å². The maximum atomic E-state index is 12.2. The van der Waals surface area contributed by atoms with E-state index in [1.807, 2.05) is 0 Å². The van der Waals surface area contributed by atoms with E-state index in [-0.39, 0.29) is 11.6 Å². The number of aromatic nitrogens is 2. The lowest BCUT2D eigenvalue weighted by molar-refractivity contribution is -0.121. The van der Waals surface area contributed by atoms with Gasteiger partial charge in [0.25, 0.3) is 5.91 Å². The van der Waals surface area contributed by atoms with Crippen LogP contribution in [0.15, 0.2) is 0 Å². The molecule has 92 valence electrons. The van der Waals surface area contributed by atoms with Gasteiger partial charge in [0.15, 0.2) is 5.69 Å². The second-order valence-corrected chi connectivity index (χ2v) is 4.17. The Kier molecular flexibility index (Phi) is 2.74. The molecule has 1 saturated heterocycles. The van der Waals surface area contributed by atoms with Crippen molar-refractivity contribution in [2.24, 2.45) is 5.73 Å². The summed E-state index contributed by atoms with van der Waals surface area (Å²) >= 11 is 0. The Hall–Kier alpha value is -2.05. The predicted molar refractivity (Wildman–Crippen MR) is 61.0 cm³/mol. The van der Waals surface area contributed by atoms with E-state index in [0.717, 1.165) is 6.42 Å². The lowest BCUT2D eigenvalue weighted by Gasteiger charge is -2.21. The highest BCUT2D eigenvalue weighted by Gasteiger charge is 2.35. The second-order valence-electron chi connectivity index (χ2n) is 4.17. The largest absolute Gasteiger partial charge is 0.395 e. The number of carbonyl (C=O) groups excluding carboxylic acids is 2. The lowest BCUT2D eigenvalue weighted by atomic mass is 10.2. The Balaban J connectivity index is 2.26. The number of nitrogen functional groups attached to an aromatic ring is 1. The molecule has 1 aromatic rings. The number of rotatable bonds is 2. The Morgan fingerprint density at radius 3 is 2.76 bits per heavy atom. The molecule has 2 heterocycles. The van der Waals surface area contributed by atoms with E-state index in [4.69, 9.17) is 11.5 Å². The number of anilines is 1. The van der Waals surface area contributed by atoms with Crippen molar-refractivity contribution in [1.82, 2.24) is 15.1 Å². The van der Waals surface area contributed by atoms with Crippen LogP contribution in [0.25, 0.3) is 0 Å². The van der Waals surface area contributed by atoms with Gasteiger partial charge in [-0.2, -0.15) is 5.10 Å². The van der Waals surface area contributed by atoms with Crippen LogP contribution >= 0.6 is 0 Å². The van der Waals surface area contributed by atoms with Crippen LogP contribution in [0.2, 0.25) is 0 Å². The van der Waals surface area contributed by atoms with Crippen LogP contribution in [0.3, 0.4) is 0 Å². The zero-order chi connectivity index (χ0) is 12.6. The third kappa shape index (κ3) is 1.83. The molecule has 0 radical (unpaired) electrons. The van der Waals surface area contributed by atoms with Crippen molar-refractivity contribution >= 4 is 17.5 Å². The standard InChI is InChI=1S/C10H15N5O2/c1-5-7(11)8(14-13-5)10(17)15-4-2-3-6(15)9(12)16/h6H,2-4,11H2,1H3,(H2,12,16)(H,13,14). The fourth-order valence-corrected chi connectivity index (χ4v) is 2.04. The van der Waals surface area contributed by atoms with Crippen LogP contribution in [-0.4, -0.2) is 39.5 Å². The number of nitrogens with one attached hydrogen (secondary N) is 1. The summed E-state index contributed by atoms with van der Waals surface area (Å²) in [7, 11) is 0. The first-order valence-corrected chi connectivity index (χ1v) is 5.43. The lowest BCUT2D eigenvalue weighted by Crippen LogP contribution is -2.44. The number of aryl methyl sites for hydroxylation is 1. The molecule has 1 aliphatic rings. The van der Waals surface area contributed by atoms with Gasteiger partial charge >= 0.3 is 0 Å². The molecule has 7 heteroatoms. The highest BCUT2D eigenvalue weighted by atomic mass is 16.2. The number of hydrogen-bond donors (Lipinski definition) is 3. The number of carbonyl (C=O) groups is 2. The number of H-pyrrole nitrogens is 1. The van der Waals surface area contributed by atoms with Gasteiger partial charge in [0.2, 0.25) is 5.91 Å². The molecule has 1 aromatic heterocycles. The number of primary amides is 1. The molecule has 17 heavy (non-hydrogen) atoms. The average Bonchev–Trinajstić information content (AvgIpc) is 2.87. The smallest absolute Gasteiger partial charge is 0.277 e. The molecule has 5 N–H and O–H groups in total. The highest BCUT2D eigenvalue weighted by Crippen LogP contribution is 2.22. The van der Waals surface area contributed by atoms with Crippen LogP contribution < -0.4 is 11.5 Å². The van der Waals surface area contributed by atoms with Gasteiger partial charge in [0, 0.05) is 6.54 Å². The van der Waals surface area contributed by atoms with Crippen molar-refractivity contribution in [3.63, 3.8) is 0 Å². The molecule has 0 saturated carbocycles. The van der Waals surface area contributed by atoms with Gasteiger partial charge in [0.1, 0.15) is 6.04 Å². The zero-order valence-corrected chi connectivity index (χ0v) is 9.56. The monoisotopic (exact) mass is 237 g/mol. The maximum Gasteiger partial charge on any atom is 0.277 e. The van der Waals surface area contributed by atoms with Gasteiger partial charge in [-0.15, -0.1) is 0 Å². The first-order valence-electron chi connectivity index (χ1n) is 5.43. The molecule has 0 bridgehead atoms. The first kappa shape index (κ1) is 11.4. The summed E-state index contributed by atoms with van der Waals surface area (Å²) in [5.41, 5.74) is 12.1. The van der Waals surface area contributed by atoms with Crippen molar-refractivity contribution in [2.75, 3.05) is 12.3 Å². The van der Waals surface area contributed by atoms with Gasteiger partial charge < -0.3 is 16.4 Å². The molecule has 2 rings (SSSR count). The van der Waals surface area contributed by atoms with E-state index in [1.165, 1.54) is 4.90 Å². The van der Waals surface area contributed by atoms with Crippen LogP contribution in [0.1, 0.15) is 29.0 Å². The molecule has 1 unspecified atom stereocenters. The van der Waals surface area contributed by atoms with Gasteiger partial charge in [-0.05, 0) is 19.8 Å². The average molecular weight is 237 g/mol. The number of nitrogens with two attached hydrogens (primary N) is 2. The van der Waals surface area contributed by atoms with Crippen molar-refractivity contribution < 1.29 is 9.59 Å². The van der Waals surface area contributed by atoms with Crippen LogP contribution in [0.5, 0.6) is 0 Å². The third-order valence-corrected chi connectivity index (χ3v) is 3.04. The predicted octanol–water partition coefficient (Wildman–Crippen LogP) is -0.610. The summed E-state index contributed by atoms with van der Waals surface area (Å²) in [5.74, 6) is -0.824. The van der Waals surface area contributed by atoms with Crippen LogP contribution in [0, 0.1) is 6.92 Å². The van der Waals surface area contributed by atoms with Gasteiger partial charge in [-0.3, -0.25) is 14.7 Å². The Labute approximate surface area is 98.1 Å². The number of nitrogens with zero attached hydrogens (tertiary/aromatic N) is 2. The van der Waals surface area contributed by atoms with Gasteiger partial charge in [0.05, 0.1) is 11.4 Å². The van der Waals surface area contributed by atoms with E-state index in [9.17, 15) is 9.59 Å². The zero-order valence-electron chi connectivity index (χ0n) is 9.56. The Morgan fingerprint density at radius 1 is 1.53 bits per heavy atom. The van der Waals surface area contributed by atoms with E-state index in [1.54, 1.807) is 6.92 Å². The fraction of sp³-hybridized carbons (Fsp3) is 0.500. The van der Waals surface area contributed by atoms with E-state index < -0.39 is 11.9 Å². The molecule has 1 fully saturated rings. The molecule has 1 aliphatic heterocycles. The molecule has 0 aliphatic carbocycles. The van der Waals surface area contributed by atoms with Crippen molar-refractivity contribution in [2.45, 2.75) is 25.8 Å². The van der Waals surface area contributed by atoms with E-state index >= 15 is 0 Å². The molecular weight excluding hydrogens is 222 g/mol. The van der Waals surface area contributed by atoms with E-state index in [0.29, 0.717) is 24.3 Å². The number of hydrogen-bond acceptors (Lipinski definition) is 4. The minimum atomic E-state index is -0.543. The second kappa shape index (κ2) is 4.08. The summed E-state index contributed by atoms with van der Waals surface area (Å²) in [5, 5.41) is 6.51. The summed E-state index contributed by atoms with van der Waals surface area (Å²) in [4.78, 5) is 24.8. The van der Waals surface area contributed by atoms with Crippen molar-refractivity contribution in [3.8, 4) is 0 Å². The minimum Gasteiger partial charge on any atom is -0.395 e. The third-order valence-electron chi connectivity index (χ3n) is 3.04. The Morgan fingerprint density at radius 2 is 2.24 bits per heavy atom. The summed E-state index contributed by atoms with van der Waals surface area (Å²) in [6.45, 7) is 2.24. The molecule has 0 aromatic carbocycles. The summed E-state index contributed by atoms with van der Waals surface area (Å²) in [6, 6.07) is -0.543.